The summed E-state index contributed by atoms with van der Waals surface area (Å²) >= 11 is 0. The van der Waals surface area contributed by atoms with E-state index in [1.54, 1.807) is 0 Å². The minimum Gasteiger partial charge on any atom is -0.460 e. The van der Waals surface area contributed by atoms with Crippen LogP contribution in [0.2, 0.25) is 0 Å². The van der Waals surface area contributed by atoms with E-state index in [1.807, 2.05) is 12.3 Å². The van der Waals surface area contributed by atoms with E-state index in [-0.39, 0.29) is 0 Å². The fraction of sp³-hybridized carbons (Fsp3) is 0.0588. The van der Waals surface area contributed by atoms with Gasteiger partial charge in [0.15, 0.2) is 5.69 Å². The van der Waals surface area contributed by atoms with Crippen molar-refractivity contribution in [2.75, 3.05) is 0 Å². The molecule has 0 saturated carbocycles. The van der Waals surface area contributed by atoms with E-state index in [9.17, 15) is 0 Å². The molecule has 0 atom stereocenters. The highest BCUT2D eigenvalue weighted by atomic mass is 16.3. The summed E-state index contributed by atoms with van der Waals surface area (Å²) in [6.45, 7) is 0. The number of hydrogen-bond acceptors (Lipinski definition) is 2. The molecule has 55 heavy (non-hydrogen) atoms. The van der Waals surface area contributed by atoms with Gasteiger partial charge in [0.25, 0.3) is 0 Å². The van der Waals surface area contributed by atoms with E-state index in [1.165, 1.54) is 27.1 Å². The molecule has 0 N–H and O–H groups in total. The topological polar surface area (TPSA) is 44.0 Å². The number of allylic oxidation sites excluding steroid dienone is 1. The Kier molecular flexibility index (Phi) is 7.13. The Hall–Kier alpha value is -7.13. The van der Waals surface area contributed by atoms with Crippen molar-refractivity contribution in [3.05, 3.63) is 198 Å². The Morgan fingerprint density at radius 3 is 2.25 bits per heavy atom. The van der Waals surface area contributed by atoms with Crippen LogP contribution in [-0.2, 0) is 13.5 Å². The summed E-state index contributed by atoms with van der Waals surface area (Å²) in [5.74, 6) is 1.93. The minimum absolute atomic E-state index is 0.869. The maximum absolute atomic E-state index is 6.45. The first-order valence-electron chi connectivity index (χ1n) is 18.9. The number of aromatic nitrogens is 2. The summed E-state index contributed by atoms with van der Waals surface area (Å²) < 4.78 is 13.8. The van der Waals surface area contributed by atoms with E-state index >= 15 is 0 Å². The molecule has 0 spiro atoms. The lowest BCUT2D eigenvalue weighted by molar-refractivity contribution is -0.665. The van der Waals surface area contributed by atoms with E-state index in [0.717, 1.165) is 97.0 Å². The van der Waals surface area contributed by atoms with Gasteiger partial charge in [-0.05, 0) is 74.4 Å². The van der Waals surface area contributed by atoms with Crippen LogP contribution in [0.5, 0.6) is 0 Å². The summed E-state index contributed by atoms with van der Waals surface area (Å²) in [4.78, 5) is 5.54. The van der Waals surface area contributed by atoms with Gasteiger partial charge in [0, 0.05) is 34.6 Å². The van der Waals surface area contributed by atoms with Crippen molar-refractivity contribution >= 4 is 50.0 Å². The molecule has 4 heteroatoms. The number of fused-ring (bicyclic) bond motifs is 8. The van der Waals surface area contributed by atoms with Gasteiger partial charge in [0.1, 0.15) is 17.0 Å². The number of benzene rings is 7. The number of aryl methyl sites for hydroxylation is 1. The van der Waals surface area contributed by atoms with Gasteiger partial charge in [-0.3, -0.25) is 0 Å². The van der Waals surface area contributed by atoms with Crippen molar-refractivity contribution in [3.8, 4) is 33.6 Å². The zero-order chi connectivity index (χ0) is 36.5. The molecule has 0 unspecified atom stereocenters. The molecule has 258 valence electrons. The second-order valence-corrected chi connectivity index (χ2v) is 14.5. The highest BCUT2D eigenvalue weighted by Crippen LogP contribution is 2.40. The first-order valence-corrected chi connectivity index (χ1v) is 18.9. The summed E-state index contributed by atoms with van der Waals surface area (Å²) in [6, 6.07) is 56.2. The van der Waals surface area contributed by atoms with E-state index in [0.29, 0.717) is 0 Å². The first-order chi connectivity index (χ1) is 27.2. The number of furan rings is 1. The van der Waals surface area contributed by atoms with E-state index < -0.39 is 0 Å². The molecule has 0 radical (unpaired) electrons. The normalized spacial score (nSPS) is 13.3. The molecule has 0 fully saturated rings. The fourth-order valence-corrected chi connectivity index (χ4v) is 8.73. The van der Waals surface area contributed by atoms with Crippen LogP contribution in [0.15, 0.2) is 168 Å². The Morgan fingerprint density at radius 2 is 1.35 bits per heavy atom. The molecule has 11 rings (SSSR count). The molecule has 7 aromatic carbocycles. The minimum atomic E-state index is 0.869. The average molecular weight is 706 g/mol. The summed E-state index contributed by atoms with van der Waals surface area (Å²) in [6.07, 6.45) is 6.11. The second kappa shape index (κ2) is 12.5. The van der Waals surface area contributed by atoms with Crippen LogP contribution in [0, 0.1) is 0 Å². The zero-order valence-electron chi connectivity index (χ0n) is 30.3. The third kappa shape index (κ3) is 5.04. The molecule has 3 heterocycles. The number of rotatable bonds is 5. The molecule has 1 aliphatic heterocycles. The Morgan fingerprint density at radius 1 is 0.600 bits per heavy atom. The fourth-order valence-electron chi connectivity index (χ4n) is 8.73. The van der Waals surface area contributed by atoms with Crippen LogP contribution in [0.1, 0.15) is 40.3 Å². The Balaban J connectivity index is 1.11. The van der Waals surface area contributed by atoms with E-state index in [2.05, 4.69) is 169 Å². The van der Waals surface area contributed by atoms with Crippen molar-refractivity contribution in [3.63, 3.8) is 0 Å². The monoisotopic (exact) mass is 705 g/mol. The van der Waals surface area contributed by atoms with Crippen LogP contribution in [-0.4, -0.2) is 16.9 Å². The third-order valence-electron chi connectivity index (χ3n) is 11.3. The number of hydrogen-bond donors (Lipinski definition) is 0. The molecular formula is C51H35N3O+2. The summed E-state index contributed by atoms with van der Waals surface area (Å²) in [7, 11) is 2.14. The van der Waals surface area contributed by atoms with Crippen molar-refractivity contribution in [2.24, 2.45) is 7.05 Å². The van der Waals surface area contributed by atoms with Crippen LogP contribution < -0.4 is 9.24 Å². The van der Waals surface area contributed by atoms with Crippen LogP contribution in [0.3, 0.4) is 0 Å². The molecule has 1 aliphatic carbocycles. The van der Waals surface area contributed by atoms with Crippen LogP contribution in [0.4, 0.5) is 0 Å². The molecular weight excluding hydrogens is 671 g/mol. The van der Waals surface area contributed by atoms with Gasteiger partial charge < -0.3 is 4.42 Å². The standard InChI is InChI=1S/C51H35N3O/c1-54-45(34-16-11-17-35(29-34)50-48-36(31-52-50)26-27-39-37-18-6-5-15-33(37)25-28-41(39)48)30-44(40-20-8-7-19-38(40)32-13-3-2-4-14-32)53-51(54)43-22-12-24-47-49(43)42-21-9-10-23-46(42)55-47/h2-11,13-23,25-31H,12,24H2,1H3/q+2. The van der Waals surface area contributed by atoms with Crippen LogP contribution in [0.25, 0.3) is 71.7 Å². The summed E-state index contributed by atoms with van der Waals surface area (Å²) in [5, 5.41) is 6.09. The van der Waals surface area contributed by atoms with Crippen molar-refractivity contribution in [1.29, 1.82) is 0 Å². The second-order valence-electron chi connectivity index (χ2n) is 14.5. The van der Waals surface area contributed by atoms with Crippen LogP contribution >= 0.6 is 0 Å². The van der Waals surface area contributed by atoms with Crippen molar-refractivity contribution in [1.82, 2.24) is 9.65 Å². The van der Waals surface area contributed by atoms with Gasteiger partial charge in [-0.1, -0.05) is 132 Å². The Labute approximate surface area is 318 Å². The Bertz CT molecular complexity index is 3140. The number of nitrogens with zero attached hydrogens (tertiary/aromatic N) is 3. The predicted octanol–water partition coefficient (Wildman–Crippen LogP) is 10.7. The maximum atomic E-state index is 6.45. The molecule has 2 aliphatic rings. The van der Waals surface area contributed by atoms with Crippen molar-refractivity contribution < 1.29 is 8.98 Å². The molecule has 2 aromatic heterocycles. The quantitative estimate of drug-likeness (QED) is 0.102. The van der Waals surface area contributed by atoms with Gasteiger partial charge in [-0.2, -0.15) is 0 Å². The van der Waals surface area contributed by atoms with Gasteiger partial charge in [-0.25, -0.2) is 4.57 Å². The van der Waals surface area contributed by atoms with Gasteiger partial charge in [0.2, 0.25) is 0 Å². The first kappa shape index (κ1) is 31.4. The smallest absolute Gasteiger partial charge is 0.342 e. The SMILES string of the molecule is C[n+]1c(-c2cccc(C3=[N+]=Cc4ccc5c(ccc6ccccc65)c43)c2)cc(-c2ccccc2-c2ccccc2)nc1C1=CCCc2oc3ccccc3c21. The molecule has 0 bridgehead atoms. The summed E-state index contributed by atoms with van der Waals surface area (Å²) in [5.41, 5.74) is 14.0. The highest BCUT2D eigenvalue weighted by Gasteiger charge is 2.33. The molecule has 4 nitrogen and oxygen atoms in total. The maximum Gasteiger partial charge on any atom is 0.342 e. The molecule has 9 aromatic rings. The third-order valence-corrected chi connectivity index (χ3v) is 11.3. The van der Waals surface area contributed by atoms with Gasteiger partial charge in [0.05, 0.1) is 29.3 Å². The lowest BCUT2D eigenvalue weighted by atomic mass is 9.90. The van der Waals surface area contributed by atoms with Crippen molar-refractivity contribution in [2.45, 2.75) is 12.8 Å². The predicted molar refractivity (Wildman–Crippen MR) is 225 cm³/mol. The highest BCUT2D eigenvalue weighted by molar-refractivity contribution is 6.28. The number of para-hydroxylation sites is 1. The molecule has 0 amide bonds. The largest absolute Gasteiger partial charge is 0.460 e. The van der Waals surface area contributed by atoms with E-state index in [4.69, 9.17) is 14.1 Å². The van der Waals surface area contributed by atoms with Gasteiger partial charge >= 0.3 is 17.8 Å². The van der Waals surface area contributed by atoms with Gasteiger partial charge in [-0.15, -0.1) is 0 Å². The average Bonchev–Trinajstić information content (AvgIpc) is 3.87. The lowest BCUT2D eigenvalue weighted by Gasteiger charge is -2.15. The lowest BCUT2D eigenvalue weighted by Crippen LogP contribution is -2.38. The zero-order valence-corrected chi connectivity index (χ0v) is 30.3. The molecule has 0 saturated heterocycles.